The lowest BCUT2D eigenvalue weighted by atomic mass is 9.65. The van der Waals surface area contributed by atoms with Crippen molar-refractivity contribution in [2.45, 2.75) is 76.8 Å². The van der Waals surface area contributed by atoms with Crippen LogP contribution < -0.4 is 5.73 Å². The highest BCUT2D eigenvalue weighted by molar-refractivity contribution is 5.03. The molecular formula is C17H34N2. The van der Waals surface area contributed by atoms with E-state index in [1.54, 1.807) is 0 Å². The molecule has 3 atom stereocenters. The summed E-state index contributed by atoms with van der Waals surface area (Å²) in [7, 11) is 4.51. The van der Waals surface area contributed by atoms with Crippen molar-refractivity contribution in [3.8, 4) is 0 Å². The van der Waals surface area contributed by atoms with Gasteiger partial charge in [-0.15, -0.1) is 0 Å². The van der Waals surface area contributed by atoms with E-state index in [2.05, 4.69) is 32.8 Å². The van der Waals surface area contributed by atoms with E-state index in [0.29, 0.717) is 6.04 Å². The first-order valence-corrected chi connectivity index (χ1v) is 8.38. The Morgan fingerprint density at radius 1 is 1.00 bits per heavy atom. The molecule has 0 aromatic rings. The van der Waals surface area contributed by atoms with Crippen molar-refractivity contribution in [2.75, 3.05) is 14.1 Å². The van der Waals surface area contributed by atoms with Crippen molar-refractivity contribution in [1.29, 1.82) is 0 Å². The number of likely N-dealkylation sites (N-methyl/N-ethyl adjacent to an activating group) is 1. The average Bonchev–Trinajstić information content (AvgIpc) is 2.38. The summed E-state index contributed by atoms with van der Waals surface area (Å²) in [5.74, 6) is 2.51. The molecule has 0 saturated heterocycles. The van der Waals surface area contributed by atoms with Gasteiger partial charge in [0.15, 0.2) is 0 Å². The molecule has 2 nitrogen and oxygen atoms in total. The average molecular weight is 266 g/mol. The molecule has 2 rings (SSSR count). The van der Waals surface area contributed by atoms with E-state index < -0.39 is 0 Å². The summed E-state index contributed by atoms with van der Waals surface area (Å²) in [6.45, 7) is 4.80. The normalized spacial score (nSPS) is 42.3. The lowest BCUT2D eigenvalue weighted by Gasteiger charge is -2.52. The van der Waals surface area contributed by atoms with Crippen LogP contribution in [0.1, 0.15) is 65.2 Å². The highest BCUT2D eigenvalue weighted by Gasteiger charge is 2.45. The van der Waals surface area contributed by atoms with E-state index >= 15 is 0 Å². The molecule has 0 heterocycles. The molecule has 0 spiro atoms. The van der Waals surface area contributed by atoms with Gasteiger partial charge in [-0.05, 0) is 57.5 Å². The van der Waals surface area contributed by atoms with Crippen molar-refractivity contribution in [1.82, 2.24) is 4.90 Å². The standard InChI is InChI=1S/C17H34N2/c1-13-7-9-15(10-8-13)16(18)17(19(3)4)11-5-6-14(2)12-17/h13-16H,5-12,18H2,1-4H3. The van der Waals surface area contributed by atoms with E-state index in [0.717, 1.165) is 17.8 Å². The van der Waals surface area contributed by atoms with Crippen molar-refractivity contribution in [2.24, 2.45) is 23.5 Å². The van der Waals surface area contributed by atoms with Crippen molar-refractivity contribution >= 4 is 0 Å². The summed E-state index contributed by atoms with van der Waals surface area (Å²) < 4.78 is 0. The SMILES string of the molecule is CC1CCC(C(N)C2(N(C)C)CCCC(C)C2)CC1. The lowest BCUT2D eigenvalue weighted by Crippen LogP contribution is -2.62. The van der Waals surface area contributed by atoms with Crippen LogP contribution in [0.5, 0.6) is 0 Å². The largest absolute Gasteiger partial charge is 0.326 e. The Morgan fingerprint density at radius 2 is 1.63 bits per heavy atom. The summed E-state index contributed by atoms with van der Waals surface area (Å²) in [4.78, 5) is 2.46. The summed E-state index contributed by atoms with van der Waals surface area (Å²) >= 11 is 0. The van der Waals surface area contributed by atoms with E-state index in [9.17, 15) is 0 Å². The molecule has 0 aromatic carbocycles. The first kappa shape index (κ1) is 15.3. The fraction of sp³-hybridized carbons (Fsp3) is 1.00. The van der Waals surface area contributed by atoms with Crippen LogP contribution in [0.2, 0.25) is 0 Å². The Morgan fingerprint density at radius 3 is 2.16 bits per heavy atom. The molecule has 0 radical (unpaired) electrons. The zero-order valence-corrected chi connectivity index (χ0v) is 13.5. The lowest BCUT2D eigenvalue weighted by molar-refractivity contribution is 0.0209. The molecule has 2 fully saturated rings. The number of hydrogen-bond donors (Lipinski definition) is 1. The van der Waals surface area contributed by atoms with Gasteiger partial charge in [-0.2, -0.15) is 0 Å². The zero-order valence-electron chi connectivity index (χ0n) is 13.5. The van der Waals surface area contributed by atoms with Crippen LogP contribution in [-0.4, -0.2) is 30.6 Å². The van der Waals surface area contributed by atoms with E-state index in [1.807, 2.05) is 0 Å². The van der Waals surface area contributed by atoms with Crippen LogP contribution >= 0.6 is 0 Å². The van der Waals surface area contributed by atoms with Gasteiger partial charge < -0.3 is 10.6 Å². The zero-order chi connectivity index (χ0) is 14.0. The van der Waals surface area contributed by atoms with Gasteiger partial charge in [0.25, 0.3) is 0 Å². The Balaban J connectivity index is 2.10. The molecule has 0 amide bonds. The summed E-state index contributed by atoms with van der Waals surface area (Å²) in [6.07, 6.45) is 10.8. The second-order valence-electron chi connectivity index (χ2n) is 7.75. The van der Waals surface area contributed by atoms with Gasteiger partial charge in [0.05, 0.1) is 0 Å². The van der Waals surface area contributed by atoms with E-state index in [-0.39, 0.29) is 5.54 Å². The smallest absolute Gasteiger partial charge is 0.0359 e. The molecule has 3 unspecified atom stereocenters. The predicted molar refractivity (Wildman–Crippen MR) is 83.1 cm³/mol. The topological polar surface area (TPSA) is 29.3 Å². The maximum absolute atomic E-state index is 6.83. The van der Waals surface area contributed by atoms with Crippen LogP contribution in [0.15, 0.2) is 0 Å². The van der Waals surface area contributed by atoms with E-state index in [1.165, 1.54) is 51.4 Å². The quantitative estimate of drug-likeness (QED) is 0.845. The van der Waals surface area contributed by atoms with Gasteiger partial charge in [-0.25, -0.2) is 0 Å². The van der Waals surface area contributed by atoms with Crippen molar-refractivity contribution < 1.29 is 0 Å². The maximum atomic E-state index is 6.83. The Kier molecular flexibility index (Phi) is 4.94. The first-order valence-electron chi connectivity index (χ1n) is 8.38. The minimum absolute atomic E-state index is 0.267. The number of hydrogen-bond acceptors (Lipinski definition) is 2. The van der Waals surface area contributed by atoms with Gasteiger partial charge in [0.2, 0.25) is 0 Å². The molecule has 2 aliphatic carbocycles. The molecule has 112 valence electrons. The molecule has 19 heavy (non-hydrogen) atoms. The fourth-order valence-corrected chi connectivity index (χ4v) is 4.65. The minimum Gasteiger partial charge on any atom is -0.326 e. The number of nitrogens with zero attached hydrogens (tertiary/aromatic N) is 1. The van der Waals surface area contributed by atoms with Crippen molar-refractivity contribution in [3.63, 3.8) is 0 Å². The third-order valence-electron chi connectivity index (χ3n) is 6.09. The molecule has 0 bridgehead atoms. The van der Waals surface area contributed by atoms with Gasteiger partial charge in [0, 0.05) is 11.6 Å². The monoisotopic (exact) mass is 266 g/mol. The highest BCUT2D eigenvalue weighted by atomic mass is 15.2. The predicted octanol–water partition coefficient (Wildman–Crippen LogP) is 3.65. The van der Waals surface area contributed by atoms with Crippen LogP contribution in [0, 0.1) is 17.8 Å². The van der Waals surface area contributed by atoms with Gasteiger partial charge in [-0.3, -0.25) is 0 Å². The second kappa shape index (κ2) is 6.13. The maximum Gasteiger partial charge on any atom is 0.0359 e. The Labute approximate surface area is 120 Å². The summed E-state index contributed by atoms with van der Waals surface area (Å²) in [5, 5.41) is 0. The summed E-state index contributed by atoms with van der Waals surface area (Å²) in [5.41, 5.74) is 7.09. The van der Waals surface area contributed by atoms with Crippen LogP contribution in [-0.2, 0) is 0 Å². The molecule has 0 aliphatic heterocycles. The fourth-order valence-electron chi connectivity index (χ4n) is 4.65. The number of nitrogens with two attached hydrogens (primary N) is 1. The molecule has 2 N–H and O–H groups in total. The Hall–Kier alpha value is -0.0800. The molecule has 2 aliphatic rings. The van der Waals surface area contributed by atoms with E-state index in [4.69, 9.17) is 5.73 Å². The van der Waals surface area contributed by atoms with Crippen LogP contribution in [0.3, 0.4) is 0 Å². The third-order valence-corrected chi connectivity index (χ3v) is 6.09. The number of rotatable bonds is 3. The second-order valence-corrected chi connectivity index (χ2v) is 7.75. The van der Waals surface area contributed by atoms with Crippen LogP contribution in [0.4, 0.5) is 0 Å². The van der Waals surface area contributed by atoms with Gasteiger partial charge in [-0.1, -0.05) is 39.5 Å². The van der Waals surface area contributed by atoms with Gasteiger partial charge in [0.1, 0.15) is 0 Å². The van der Waals surface area contributed by atoms with Crippen molar-refractivity contribution in [3.05, 3.63) is 0 Å². The third kappa shape index (κ3) is 3.16. The molecule has 0 aromatic heterocycles. The first-order chi connectivity index (χ1) is 8.95. The minimum atomic E-state index is 0.267. The Bertz CT molecular complexity index is 281. The van der Waals surface area contributed by atoms with Gasteiger partial charge >= 0.3 is 0 Å². The molecular weight excluding hydrogens is 232 g/mol. The molecule has 2 saturated carbocycles. The summed E-state index contributed by atoms with van der Waals surface area (Å²) in [6, 6.07) is 0.373. The van der Waals surface area contributed by atoms with Crippen LogP contribution in [0.25, 0.3) is 0 Å². The molecule has 2 heteroatoms. The highest BCUT2D eigenvalue weighted by Crippen LogP contribution is 2.42.